The molecule has 0 spiro atoms. The minimum atomic E-state index is -3.72. The lowest BCUT2D eigenvalue weighted by Crippen LogP contribution is -2.26. The van der Waals surface area contributed by atoms with Gasteiger partial charge in [0.05, 0.1) is 21.3 Å². The number of hydrogen-bond donors (Lipinski definition) is 2. The van der Waals surface area contributed by atoms with E-state index in [1.54, 1.807) is 48.5 Å². The monoisotopic (exact) mass is 471 g/mol. The van der Waals surface area contributed by atoms with Crippen molar-refractivity contribution >= 4 is 50.5 Å². The van der Waals surface area contributed by atoms with Crippen LogP contribution in [0.4, 0.5) is 17.1 Å². The molecule has 3 rings (SSSR count). The Bertz CT molecular complexity index is 1260. The van der Waals surface area contributed by atoms with E-state index in [2.05, 4.69) is 10.6 Å². The van der Waals surface area contributed by atoms with Gasteiger partial charge in [0.15, 0.2) is 0 Å². The van der Waals surface area contributed by atoms with Crippen LogP contribution in [-0.4, -0.2) is 27.3 Å². The van der Waals surface area contributed by atoms with Crippen molar-refractivity contribution in [2.45, 2.75) is 18.7 Å². The second kappa shape index (κ2) is 9.42. The zero-order chi connectivity index (χ0) is 23.5. The van der Waals surface area contributed by atoms with Crippen LogP contribution in [0.3, 0.4) is 0 Å². The number of nitrogens with one attached hydrogen (secondary N) is 2. The van der Waals surface area contributed by atoms with Crippen LogP contribution < -0.4 is 14.9 Å². The molecule has 0 atom stereocenters. The summed E-state index contributed by atoms with van der Waals surface area (Å²) < 4.78 is 26.8. The molecule has 0 aliphatic heterocycles. The first kappa shape index (κ1) is 23.3. The lowest BCUT2D eigenvalue weighted by atomic mass is 10.2. The number of hydrogen-bond acceptors (Lipinski definition) is 4. The SMILES string of the molecule is CC(=O)Nc1ccc(NC(=O)c2ccc(N(C)S(=O)(=O)c3ccc(C)cc3)cc2)c(Cl)c1. The van der Waals surface area contributed by atoms with Crippen LogP contribution in [0, 0.1) is 6.92 Å². The maximum Gasteiger partial charge on any atom is 0.264 e. The first-order valence-electron chi connectivity index (χ1n) is 9.62. The predicted molar refractivity (Wildman–Crippen MR) is 127 cm³/mol. The zero-order valence-electron chi connectivity index (χ0n) is 17.7. The topological polar surface area (TPSA) is 95.6 Å². The summed E-state index contributed by atoms with van der Waals surface area (Å²) in [5.41, 5.74) is 2.61. The molecule has 0 saturated heterocycles. The molecule has 0 aromatic heterocycles. The lowest BCUT2D eigenvalue weighted by Gasteiger charge is -2.20. The number of sulfonamides is 1. The molecule has 3 aromatic rings. The van der Waals surface area contributed by atoms with Gasteiger partial charge >= 0.3 is 0 Å². The zero-order valence-corrected chi connectivity index (χ0v) is 19.3. The molecular weight excluding hydrogens is 450 g/mol. The van der Waals surface area contributed by atoms with Gasteiger partial charge in [-0.2, -0.15) is 0 Å². The van der Waals surface area contributed by atoms with Crippen molar-refractivity contribution < 1.29 is 18.0 Å². The number of rotatable bonds is 6. The molecule has 32 heavy (non-hydrogen) atoms. The maximum atomic E-state index is 12.8. The van der Waals surface area contributed by atoms with Crippen LogP contribution in [-0.2, 0) is 14.8 Å². The van der Waals surface area contributed by atoms with E-state index in [4.69, 9.17) is 11.6 Å². The van der Waals surface area contributed by atoms with Crippen LogP contribution in [0.2, 0.25) is 5.02 Å². The molecule has 0 saturated carbocycles. The summed E-state index contributed by atoms with van der Waals surface area (Å²) in [5, 5.41) is 5.58. The summed E-state index contributed by atoms with van der Waals surface area (Å²) in [7, 11) is -2.26. The van der Waals surface area contributed by atoms with E-state index in [1.807, 2.05) is 6.92 Å². The van der Waals surface area contributed by atoms with Gasteiger partial charge in [-0.15, -0.1) is 0 Å². The molecule has 2 N–H and O–H groups in total. The van der Waals surface area contributed by atoms with Gasteiger partial charge in [-0.05, 0) is 61.5 Å². The Morgan fingerprint density at radius 1 is 0.906 bits per heavy atom. The van der Waals surface area contributed by atoms with Crippen molar-refractivity contribution in [1.29, 1.82) is 0 Å². The van der Waals surface area contributed by atoms with Crippen molar-refractivity contribution in [3.63, 3.8) is 0 Å². The molecule has 0 radical (unpaired) electrons. The fourth-order valence-electron chi connectivity index (χ4n) is 2.92. The van der Waals surface area contributed by atoms with Crippen LogP contribution in [0.5, 0.6) is 0 Å². The van der Waals surface area contributed by atoms with Crippen LogP contribution in [0.15, 0.2) is 71.6 Å². The third-order valence-corrected chi connectivity index (χ3v) is 6.82. The Hall–Kier alpha value is -3.36. The van der Waals surface area contributed by atoms with Crippen LogP contribution in [0.1, 0.15) is 22.8 Å². The Morgan fingerprint density at radius 2 is 1.53 bits per heavy atom. The molecule has 0 aliphatic carbocycles. The number of halogens is 1. The highest BCUT2D eigenvalue weighted by molar-refractivity contribution is 7.92. The first-order valence-corrected chi connectivity index (χ1v) is 11.4. The van der Waals surface area contributed by atoms with E-state index in [9.17, 15) is 18.0 Å². The number of benzene rings is 3. The normalized spacial score (nSPS) is 11.0. The number of amides is 2. The molecule has 2 amide bonds. The fourth-order valence-corrected chi connectivity index (χ4v) is 4.35. The molecule has 0 unspecified atom stereocenters. The Kier molecular flexibility index (Phi) is 6.86. The number of nitrogens with zero attached hydrogens (tertiary/aromatic N) is 1. The van der Waals surface area contributed by atoms with E-state index in [-0.39, 0.29) is 15.8 Å². The van der Waals surface area contributed by atoms with Crippen molar-refractivity contribution in [3.8, 4) is 0 Å². The predicted octanol–water partition coefficient (Wildman–Crippen LogP) is 4.68. The molecule has 0 fully saturated rings. The van der Waals surface area contributed by atoms with Crippen molar-refractivity contribution in [3.05, 3.63) is 82.9 Å². The summed E-state index contributed by atoms with van der Waals surface area (Å²) in [5.74, 6) is -0.637. The molecular formula is C23H22ClN3O4S. The standard InChI is InChI=1S/C23H22ClN3O4S/c1-15-4-11-20(12-5-15)32(30,31)27(3)19-9-6-17(7-10-19)23(29)26-22-13-8-18(14-21(22)24)25-16(2)28/h4-14H,1-3H3,(H,25,28)(H,26,29). The summed E-state index contributed by atoms with van der Waals surface area (Å²) in [6.07, 6.45) is 0. The van der Waals surface area contributed by atoms with Gasteiger partial charge in [0.2, 0.25) is 5.91 Å². The molecule has 0 bridgehead atoms. The molecule has 7 nitrogen and oxygen atoms in total. The van der Waals surface area contributed by atoms with Gasteiger partial charge in [-0.3, -0.25) is 13.9 Å². The second-order valence-electron chi connectivity index (χ2n) is 7.16. The number of anilines is 3. The van der Waals surface area contributed by atoms with Gasteiger partial charge in [0, 0.05) is 25.2 Å². The molecule has 0 heterocycles. The Morgan fingerprint density at radius 3 is 2.09 bits per heavy atom. The highest BCUT2D eigenvalue weighted by Gasteiger charge is 2.21. The summed E-state index contributed by atoms with van der Waals surface area (Å²) >= 11 is 6.19. The van der Waals surface area contributed by atoms with Gasteiger partial charge < -0.3 is 10.6 Å². The van der Waals surface area contributed by atoms with Crippen LogP contribution in [0.25, 0.3) is 0 Å². The molecule has 3 aromatic carbocycles. The van der Waals surface area contributed by atoms with Crippen molar-refractivity contribution in [2.75, 3.05) is 22.0 Å². The molecule has 9 heteroatoms. The van der Waals surface area contributed by atoms with Gasteiger partial charge in [0.1, 0.15) is 0 Å². The fraction of sp³-hybridized carbons (Fsp3) is 0.130. The average molecular weight is 472 g/mol. The first-order chi connectivity index (χ1) is 15.1. The number of carbonyl (C=O) groups is 2. The van der Waals surface area contributed by atoms with Gasteiger partial charge in [0.25, 0.3) is 15.9 Å². The van der Waals surface area contributed by atoms with E-state index in [0.717, 1.165) is 9.87 Å². The number of aryl methyl sites for hydroxylation is 1. The van der Waals surface area contributed by atoms with E-state index in [1.165, 1.54) is 32.2 Å². The third kappa shape index (κ3) is 5.27. The molecule has 0 aliphatic rings. The smallest absolute Gasteiger partial charge is 0.264 e. The van der Waals surface area contributed by atoms with E-state index >= 15 is 0 Å². The van der Waals surface area contributed by atoms with Crippen molar-refractivity contribution in [2.24, 2.45) is 0 Å². The van der Waals surface area contributed by atoms with Crippen LogP contribution >= 0.6 is 11.6 Å². The highest BCUT2D eigenvalue weighted by atomic mass is 35.5. The Labute approximate surface area is 192 Å². The minimum Gasteiger partial charge on any atom is -0.326 e. The largest absolute Gasteiger partial charge is 0.326 e. The van der Waals surface area contributed by atoms with Gasteiger partial charge in [-0.25, -0.2) is 8.42 Å². The lowest BCUT2D eigenvalue weighted by molar-refractivity contribution is -0.114. The number of carbonyl (C=O) groups excluding carboxylic acids is 2. The quantitative estimate of drug-likeness (QED) is 0.545. The molecule has 166 valence electrons. The van der Waals surface area contributed by atoms with E-state index in [0.29, 0.717) is 22.6 Å². The minimum absolute atomic E-state index is 0.185. The Balaban J connectivity index is 1.74. The summed E-state index contributed by atoms with van der Waals surface area (Å²) in [6, 6.07) is 17.5. The maximum absolute atomic E-state index is 12.8. The van der Waals surface area contributed by atoms with Gasteiger partial charge in [-0.1, -0.05) is 29.3 Å². The summed E-state index contributed by atoms with van der Waals surface area (Å²) in [4.78, 5) is 23.9. The average Bonchev–Trinajstić information content (AvgIpc) is 2.75. The second-order valence-corrected chi connectivity index (χ2v) is 9.54. The highest BCUT2D eigenvalue weighted by Crippen LogP contribution is 2.27. The third-order valence-electron chi connectivity index (χ3n) is 4.71. The van der Waals surface area contributed by atoms with E-state index < -0.39 is 15.9 Å². The summed E-state index contributed by atoms with van der Waals surface area (Å²) in [6.45, 7) is 3.27. The van der Waals surface area contributed by atoms with Crippen molar-refractivity contribution in [1.82, 2.24) is 0 Å².